The molecule has 0 amide bonds. The number of hydrogen-bond donors (Lipinski definition) is 1. The molecule has 0 aliphatic heterocycles. The first kappa shape index (κ1) is 5.39. The highest BCUT2D eigenvalue weighted by atomic mass is 16.2. The molecule has 32 valence electrons. The zero-order chi connectivity index (χ0) is 4.83. The van der Waals surface area contributed by atoms with Gasteiger partial charge in [0, 0.05) is 0 Å². The zero-order valence-electron chi connectivity index (χ0n) is 3.57. The lowest BCUT2D eigenvalue weighted by molar-refractivity contribution is 0.301. The van der Waals surface area contributed by atoms with Crippen molar-refractivity contribution in [3.05, 3.63) is 18.4 Å². The first-order valence-corrected chi connectivity index (χ1v) is 1.77. The van der Waals surface area contributed by atoms with E-state index < -0.39 is 0 Å². The van der Waals surface area contributed by atoms with Gasteiger partial charge in [-0.25, -0.2) is 0 Å². The molecule has 0 spiro atoms. The SMILES string of the molecule is C=C=[C+]CCO. The maximum Gasteiger partial charge on any atom is 0.135 e. The quantitative estimate of drug-likeness (QED) is 0.381. The van der Waals surface area contributed by atoms with Gasteiger partial charge in [-0.05, 0) is 0 Å². The Morgan fingerprint density at radius 1 is 1.83 bits per heavy atom. The zero-order valence-corrected chi connectivity index (χ0v) is 3.57. The second kappa shape index (κ2) is 4.39. The van der Waals surface area contributed by atoms with Gasteiger partial charge in [-0.2, -0.15) is 0 Å². The van der Waals surface area contributed by atoms with E-state index in [4.69, 9.17) is 5.11 Å². The first-order chi connectivity index (χ1) is 2.91. The highest BCUT2D eigenvalue weighted by molar-refractivity contribution is 4.64. The van der Waals surface area contributed by atoms with Crippen LogP contribution in [-0.2, 0) is 0 Å². The summed E-state index contributed by atoms with van der Waals surface area (Å²) in [7, 11) is 0. The second-order valence-corrected chi connectivity index (χ2v) is 0.827. The minimum Gasteiger partial charge on any atom is -0.393 e. The van der Waals surface area contributed by atoms with Gasteiger partial charge in [-0.15, -0.1) is 0 Å². The van der Waals surface area contributed by atoms with E-state index in [0.717, 1.165) is 0 Å². The Morgan fingerprint density at radius 2 is 2.50 bits per heavy atom. The van der Waals surface area contributed by atoms with Gasteiger partial charge in [0.1, 0.15) is 18.2 Å². The van der Waals surface area contributed by atoms with Gasteiger partial charge in [0.2, 0.25) is 0 Å². The van der Waals surface area contributed by atoms with E-state index in [1.807, 2.05) is 0 Å². The Kier molecular flexibility index (Phi) is 3.94. The molecule has 0 aromatic carbocycles. The van der Waals surface area contributed by atoms with Crippen molar-refractivity contribution in [1.82, 2.24) is 0 Å². The number of rotatable bonds is 2. The van der Waals surface area contributed by atoms with Gasteiger partial charge in [-0.3, -0.25) is 0 Å². The molecule has 0 unspecified atom stereocenters. The van der Waals surface area contributed by atoms with Crippen LogP contribution < -0.4 is 0 Å². The number of hydrogen-bond acceptors (Lipinski definition) is 1. The van der Waals surface area contributed by atoms with Crippen LogP contribution in [0.15, 0.2) is 12.3 Å². The lowest BCUT2D eigenvalue weighted by Crippen LogP contribution is -1.73. The van der Waals surface area contributed by atoms with Crippen LogP contribution in [0.1, 0.15) is 6.42 Å². The van der Waals surface area contributed by atoms with Crippen molar-refractivity contribution >= 4 is 0 Å². The maximum absolute atomic E-state index is 8.07. The van der Waals surface area contributed by atoms with Gasteiger partial charge in [-0.1, -0.05) is 0 Å². The smallest absolute Gasteiger partial charge is 0.135 e. The summed E-state index contributed by atoms with van der Waals surface area (Å²) in [6.45, 7) is 3.39. The van der Waals surface area contributed by atoms with Crippen molar-refractivity contribution in [1.29, 1.82) is 0 Å². The summed E-state index contributed by atoms with van der Waals surface area (Å²) < 4.78 is 0. The molecule has 1 heteroatoms. The molecule has 0 aromatic heterocycles. The molecule has 0 fully saturated rings. The Hall–Kier alpha value is -0.610. The summed E-state index contributed by atoms with van der Waals surface area (Å²) in [5, 5.41) is 8.07. The predicted molar refractivity (Wildman–Crippen MR) is 24.1 cm³/mol. The van der Waals surface area contributed by atoms with Crippen LogP contribution >= 0.6 is 0 Å². The molecular weight excluding hydrogens is 76.1 g/mol. The van der Waals surface area contributed by atoms with Crippen molar-refractivity contribution in [2.45, 2.75) is 6.42 Å². The van der Waals surface area contributed by atoms with Crippen LogP contribution in [-0.4, -0.2) is 11.7 Å². The van der Waals surface area contributed by atoms with E-state index in [-0.39, 0.29) is 6.61 Å². The molecule has 0 saturated heterocycles. The standard InChI is InChI=1S/C5H7O/c1-2-3-4-5-6/h6H,1,4-5H2/q+1. The summed E-state index contributed by atoms with van der Waals surface area (Å²) >= 11 is 0. The molecule has 0 radical (unpaired) electrons. The van der Waals surface area contributed by atoms with E-state index in [1.54, 1.807) is 0 Å². The van der Waals surface area contributed by atoms with E-state index in [0.29, 0.717) is 6.42 Å². The molecule has 1 nitrogen and oxygen atoms in total. The highest BCUT2D eigenvalue weighted by Gasteiger charge is 1.75. The third kappa shape index (κ3) is 3.39. The summed E-state index contributed by atoms with van der Waals surface area (Å²) in [4.78, 5) is 0. The normalized spacial score (nSPS) is 6.17. The van der Waals surface area contributed by atoms with E-state index in [1.165, 1.54) is 0 Å². The monoisotopic (exact) mass is 83.0 g/mol. The fourth-order valence-electron chi connectivity index (χ4n) is 0.144. The van der Waals surface area contributed by atoms with Crippen molar-refractivity contribution < 1.29 is 5.11 Å². The van der Waals surface area contributed by atoms with Crippen molar-refractivity contribution in [2.75, 3.05) is 6.61 Å². The van der Waals surface area contributed by atoms with Crippen molar-refractivity contribution in [3.63, 3.8) is 0 Å². The minimum absolute atomic E-state index is 0.141. The Balaban J connectivity index is 2.86. The molecule has 1 N–H and O–H groups in total. The van der Waals surface area contributed by atoms with Gasteiger partial charge < -0.3 is 5.11 Å². The molecular formula is C5H7O+. The van der Waals surface area contributed by atoms with Crippen molar-refractivity contribution in [3.8, 4) is 0 Å². The lowest BCUT2D eigenvalue weighted by Gasteiger charge is -1.65. The second-order valence-electron chi connectivity index (χ2n) is 0.827. The Morgan fingerprint density at radius 3 is 2.67 bits per heavy atom. The number of aliphatic hydroxyl groups excluding tert-OH is 1. The fourth-order valence-corrected chi connectivity index (χ4v) is 0.144. The predicted octanol–water partition coefficient (Wildman–Crippen LogP) is 0.513. The van der Waals surface area contributed by atoms with Gasteiger partial charge in [0.05, 0.1) is 13.2 Å². The summed E-state index contributed by atoms with van der Waals surface area (Å²) in [5.41, 5.74) is 2.41. The molecule has 0 aliphatic carbocycles. The van der Waals surface area contributed by atoms with Gasteiger partial charge >= 0.3 is 0 Å². The largest absolute Gasteiger partial charge is 0.393 e. The summed E-state index contributed by atoms with van der Waals surface area (Å²) in [6.07, 6.45) is 3.13. The topological polar surface area (TPSA) is 20.2 Å². The van der Waals surface area contributed by atoms with Crippen LogP contribution in [0.5, 0.6) is 0 Å². The minimum atomic E-state index is 0.141. The summed E-state index contributed by atoms with van der Waals surface area (Å²) in [5.74, 6) is 0. The van der Waals surface area contributed by atoms with Gasteiger partial charge in [0.25, 0.3) is 0 Å². The molecule has 0 heterocycles. The highest BCUT2D eigenvalue weighted by Crippen LogP contribution is 1.70. The molecule has 6 heavy (non-hydrogen) atoms. The van der Waals surface area contributed by atoms with Gasteiger partial charge in [0.15, 0.2) is 0 Å². The van der Waals surface area contributed by atoms with E-state index >= 15 is 0 Å². The van der Waals surface area contributed by atoms with E-state index in [2.05, 4.69) is 18.4 Å². The molecule has 0 aliphatic rings. The average molecular weight is 83.1 g/mol. The molecule has 0 aromatic rings. The molecule has 0 atom stereocenters. The Labute approximate surface area is 37.6 Å². The van der Waals surface area contributed by atoms with Crippen LogP contribution in [0, 0.1) is 6.08 Å². The lowest BCUT2D eigenvalue weighted by atomic mass is 10.4. The maximum atomic E-state index is 8.07. The molecule has 0 saturated carbocycles. The average Bonchev–Trinajstić information content (AvgIpc) is 1.61. The van der Waals surface area contributed by atoms with Crippen LogP contribution in [0.3, 0.4) is 0 Å². The number of aliphatic hydroxyl groups is 1. The van der Waals surface area contributed by atoms with Crippen molar-refractivity contribution in [2.24, 2.45) is 0 Å². The fraction of sp³-hybridized carbons (Fsp3) is 0.400. The summed E-state index contributed by atoms with van der Waals surface area (Å²) in [6, 6.07) is 0. The third-order valence-electron chi connectivity index (χ3n) is 0.362. The third-order valence-corrected chi connectivity index (χ3v) is 0.362. The van der Waals surface area contributed by atoms with Crippen LogP contribution in [0.4, 0.5) is 0 Å². The molecule has 0 bridgehead atoms. The van der Waals surface area contributed by atoms with Crippen LogP contribution in [0.25, 0.3) is 0 Å². The van der Waals surface area contributed by atoms with E-state index in [9.17, 15) is 0 Å². The first-order valence-electron chi connectivity index (χ1n) is 1.77. The van der Waals surface area contributed by atoms with Crippen LogP contribution in [0.2, 0.25) is 0 Å². The molecule has 0 rings (SSSR count). The Bertz CT molecular complexity index is 60.3.